The van der Waals surface area contributed by atoms with Crippen molar-refractivity contribution in [3.05, 3.63) is 69.2 Å². The Balaban J connectivity index is 1.89. The third-order valence-electron chi connectivity index (χ3n) is 4.74. The van der Waals surface area contributed by atoms with Crippen molar-refractivity contribution in [2.45, 2.75) is 45.1 Å². The molecule has 0 fully saturated rings. The molecule has 0 radical (unpaired) electrons. The number of esters is 1. The lowest BCUT2D eigenvalue weighted by molar-refractivity contribution is -0.143. The van der Waals surface area contributed by atoms with Crippen LogP contribution in [0.2, 0.25) is 10.0 Å². The molecule has 2 aromatic carbocycles. The Morgan fingerprint density at radius 1 is 1.10 bits per heavy atom. The van der Waals surface area contributed by atoms with E-state index in [9.17, 15) is 9.59 Å². The fourth-order valence-corrected chi connectivity index (χ4v) is 3.41. The minimum Gasteiger partial charge on any atom is -0.466 e. The Bertz CT molecular complexity index is 917. The van der Waals surface area contributed by atoms with Crippen molar-refractivity contribution < 1.29 is 14.3 Å². The van der Waals surface area contributed by atoms with Gasteiger partial charge in [0, 0.05) is 12.0 Å². The molecule has 0 bridgehead atoms. The lowest BCUT2D eigenvalue weighted by atomic mass is 10.0. The van der Waals surface area contributed by atoms with Crippen molar-refractivity contribution in [3.8, 4) is 0 Å². The van der Waals surface area contributed by atoms with Crippen molar-refractivity contribution >= 4 is 40.9 Å². The molecular formula is C23H27Cl2N3O3. The van der Waals surface area contributed by atoms with Gasteiger partial charge in [0.15, 0.2) is 0 Å². The molecule has 4 N–H and O–H groups in total. The van der Waals surface area contributed by atoms with Gasteiger partial charge in [-0.05, 0) is 49.4 Å². The maximum absolute atomic E-state index is 12.5. The van der Waals surface area contributed by atoms with Gasteiger partial charge >= 0.3 is 5.97 Å². The van der Waals surface area contributed by atoms with Crippen LogP contribution in [0.25, 0.3) is 0 Å². The van der Waals surface area contributed by atoms with Gasteiger partial charge in [-0.1, -0.05) is 53.5 Å². The maximum atomic E-state index is 12.5. The molecule has 2 aromatic rings. The van der Waals surface area contributed by atoms with Gasteiger partial charge in [0.2, 0.25) is 5.91 Å². The summed E-state index contributed by atoms with van der Waals surface area (Å²) in [4.78, 5) is 24.5. The van der Waals surface area contributed by atoms with E-state index in [1.807, 2.05) is 24.3 Å². The van der Waals surface area contributed by atoms with Gasteiger partial charge < -0.3 is 15.8 Å². The second-order valence-corrected chi connectivity index (χ2v) is 7.93. The zero-order chi connectivity index (χ0) is 22.8. The van der Waals surface area contributed by atoms with Crippen molar-refractivity contribution in [2.75, 3.05) is 6.61 Å². The van der Waals surface area contributed by atoms with Crippen LogP contribution in [-0.4, -0.2) is 24.3 Å². The van der Waals surface area contributed by atoms with E-state index in [1.54, 1.807) is 25.1 Å². The smallest absolute Gasteiger partial charge is 0.308 e. The van der Waals surface area contributed by atoms with E-state index in [0.29, 0.717) is 34.0 Å². The summed E-state index contributed by atoms with van der Waals surface area (Å²) in [6.07, 6.45) is 2.71. The van der Waals surface area contributed by atoms with Gasteiger partial charge in [-0.3, -0.25) is 15.0 Å². The van der Waals surface area contributed by atoms with Crippen LogP contribution in [0.5, 0.6) is 0 Å². The zero-order valence-electron chi connectivity index (χ0n) is 17.4. The summed E-state index contributed by atoms with van der Waals surface area (Å²) in [5, 5.41) is 11.1. The molecule has 1 atom stereocenters. The average molecular weight is 464 g/mol. The number of ether oxygens (including phenoxy) is 1. The molecule has 166 valence electrons. The number of carbonyl (C=O) groups excluding carboxylic acids is 2. The average Bonchev–Trinajstić information content (AvgIpc) is 2.73. The Morgan fingerprint density at radius 3 is 2.42 bits per heavy atom. The molecule has 0 aromatic heterocycles. The van der Waals surface area contributed by atoms with Crippen molar-refractivity contribution in [1.82, 2.24) is 5.32 Å². The summed E-state index contributed by atoms with van der Waals surface area (Å²) < 4.78 is 5.03. The van der Waals surface area contributed by atoms with E-state index in [2.05, 4.69) is 5.32 Å². The number of nitrogen functional groups attached to an aromatic ring is 1. The zero-order valence-corrected chi connectivity index (χ0v) is 18.9. The van der Waals surface area contributed by atoms with E-state index < -0.39 is 12.0 Å². The molecule has 0 spiro atoms. The number of carbonyl (C=O) groups is 2. The first-order valence-corrected chi connectivity index (χ1v) is 10.9. The number of hydrogen-bond donors (Lipinski definition) is 3. The SMILES string of the molecule is CCOC(=O)CC(NC(=O)CCCCc1ccc(C(=N)N)cc1)c1ccc(Cl)c(Cl)c1. The first-order valence-electron chi connectivity index (χ1n) is 10.1. The number of aryl methyl sites for hydroxylation is 1. The quantitative estimate of drug-likeness (QED) is 0.192. The lowest BCUT2D eigenvalue weighted by Gasteiger charge is -2.19. The molecule has 8 heteroatoms. The number of amides is 1. The van der Waals surface area contributed by atoms with Crippen LogP contribution in [0.1, 0.15) is 55.3 Å². The predicted molar refractivity (Wildman–Crippen MR) is 124 cm³/mol. The standard InChI is InChI=1S/C23H27Cl2N3O3/c1-2-31-22(30)14-20(17-11-12-18(24)19(25)13-17)28-21(29)6-4-3-5-15-7-9-16(10-8-15)23(26)27/h7-13,20H,2-6,14H2,1H3,(H3,26,27)(H,28,29). The van der Waals surface area contributed by atoms with Gasteiger partial charge in [0.25, 0.3) is 0 Å². The van der Waals surface area contributed by atoms with Crippen LogP contribution in [0.15, 0.2) is 42.5 Å². The molecular weight excluding hydrogens is 437 g/mol. The maximum Gasteiger partial charge on any atom is 0.308 e. The first kappa shape index (κ1) is 24.7. The number of rotatable bonds is 11. The highest BCUT2D eigenvalue weighted by Gasteiger charge is 2.20. The van der Waals surface area contributed by atoms with Crippen LogP contribution < -0.4 is 11.1 Å². The van der Waals surface area contributed by atoms with Crippen LogP contribution in [-0.2, 0) is 20.7 Å². The first-order chi connectivity index (χ1) is 14.8. The number of unbranched alkanes of at least 4 members (excludes halogenated alkanes) is 1. The van der Waals surface area contributed by atoms with Crippen LogP contribution in [0.3, 0.4) is 0 Å². The van der Waals surface area contributed by atoms with Gasteiger partial charge in [-0.2, -0.15) is 0 Å². The number of nitrogens with two attached hydrogens (primary N) is 1. The van der Waals surface area contributed by atoms with E-state index in [4.69, 9.17) is 39.1 Å². The minimum atomic E-state index is -0.541. The summed E-state index contributed by atoms with van der Waals surface area (Å²) in [5.74, 6) is -0.497. The molecule has 1 unspecified atom stereocenters. The van der Waals surface area contributed by atoms with Crippen molar-refractivity contribution in [1.29, 1.82) is 5.41 Å². The molecule has 0 aliphatic carbocycles. The fraction of sp³-hybridized carbons (Fsp3) is 0.348. The third-order valence-corrected chi connectivity index (χ3v) is 5.48. The summed E-state index contributed by atoms with van der Waals surface area (Å²) in [6.45, 7) is 2.01. The summed E-state index contributed by atoms with van der Waals surface area (Å²) in [6, 6.07) is 12.0. The lowest BCUT2D eigenvalue weighted by Crippen LogP contribution is -2.30. The highest BCUT2D eigenvalue weighted by Crippen LogP contribution is 2.27. The van der Waals surface area contributed by atoms with Gasteiger partial charge in [-0.25, -0.2) is 0 Å². The van der Waals surface area contributed by atoms with Gasteiger partial charge in [0.05, 0.1) is 29.1 Å². The summed E-state index contributed by atoms with van der Waals surface area (Å²) in [5.41, 5.74) is 7.97. The third kappa shape index (κ3) is 8.23. The minimum absolute atomic E-state index is 0.0139. The van der Waals surface area contributed by atoms with Crippen LogP contribution in [0, 0.1) is 5.41 Å². The fourth-order valence-electron chi connectivity index (χ4n) is 3.10. The Hall–Kier alpha value is -2.57. The van der Waals surface area contributed by atoms with Gasteiger partial charge in [-0.15, -0.1) is 0 Å². The molecule has 0 saturated carbocycles. The molecule has 0 aliphatic rings. The normalized spacial score (nSPS) is 11.6. The van der Waals surface area contributed by atoms with Crippen LogP contribution in [0.4, 0.5) is 0 Å². The molecule has 6 nitrogen and oxygen atoms in total. The number of nitrogens with one attached hydrogen (secondary N) is 2. The monoisotopic (exact) mass is 463 g/mol. The largest absolute Gasteiger partial charge is 0.466 e. The molecule has 0 heterocycles. The van der Waals surface area contributed by atoms with Crippen LogP contribution >= 0.6 is 23.2 Å². The highest BCUT2D eigenvalue weighted by atomic mass is 35.5. The Kier molecular flexibility index (Phi) is 9.82. The highest BCUT2D eigenvalue weighted by molar-refractivity contribution is 6.42. The molecule has 0 aliphatic heterocycles. The molecule has 2 rings (SSSR count). The summed E-state index contributed by atoms with van der Waals surface area (Å²) >= 11 is 12.1. The second-order valence-electron chi connectivity index (χ2n) is 7.12. The van der Waals surface area contributed by atoms with Crippen molar-refractivity contribution in [3.63, 3.8) is 0 Å². The Labute approximate surface area is 192 Å². The van der Waals surface area contributed by atoms with Gasteiger partial charge in [0.1, 0.15) is 5.84 Å². The number of hydrogen-bond acceptors (Lipinski definition) is 4. The number of halogens is 2. The molecule has 0 saturated heterocycles. The van der Waals surface area contributed by atoms with E-state index >= 15 is 0 Å². The van der Waals surface area contributed by atoms with Crippen molar-refractivity contribution in [2.24, 2.45) is 5.73 Å². The molecule has 1 amide bonds. The van der Waals surface area contributed by atoms with E-state index in [0.717, 1.165) is 18.4 Å². The van der Waals surface area contributed by atoms with E-state index in [-0.39, 0.29) is 24.8 Å². The molecule has 31 heavy (non-hydrogen) atoms. The summed E-state index contributed by atoms with van der Waals surface area (Å²) in [7, 11) is 0. The van der Waals surface area contributed by atoms with E-state index in [1.165, 1.54) is 0 Å². The Morgan fingerprint density at radius 2 is 1.81 bits per heavy atom. The topological polar surface area (TPSA) is 105 Å². The number of benzene rings is 2. The predicted octanol–water partition coefficient (Wildman–Crippen LogP) is 4.80. The second kappa shape index (κ2) is 12.3. The number of amidine groups is 1.